The van der Waals surface area contributed by atoms with Gasteiger partial charge in [-0.3, -0.25) is 9.59 Å². The van der Waals surface area contributed by atoms with Crippen LogP contribution in [0.25, 0.3) is 0 Å². The van der Waals surface area contributed by atoms with Crippen LogP contribution in [-0.2, 0) is 21.5 Å². The number of aromatic nitrogens is 2. The van der Waals surface area contributed by atoms with Crippen molar-refractivity contribution in [2.75, 3.05) is 11.9 Å². The highest BCUT2D eigenvalue weighted by Gasteiger charge is 2.65. The van der Waals surface area contributed by atoms with E-state index in [2.05, 4.69) is 20.9 Å². The number of nitrogens with one attached hydrogen (secondary N) is 3. The average Bonchev–Trinajstić information content (AvgIpc) is 3.55. The summed E-state index contributed by atoms with van der Waals surface area (Å²) in [5, 5.41) is 9.00. The first kappa shape index (κ1) is 27.6. The number of halogens is 4. The van der Waals surface area contributed by atoms with Crippen molar-refractivity contribution < 1.29 is 18.4 Å². The second kappa shape index (κ2) is 10.2. The highest BCUT2D eigenvalue weighted by Crippen LogP contribution is 2.57. The Morgan fingerprint density at radius 2 is 1.90 bits per heavy atom. The van der Waals surface area contributed by atoms with Crippen molar-refractivity contribution in [3.8, 4) is 0 Å². The lowest BCUT2D eigenvalue weighted by Gasteiger charge is -2.37. The maximum atomic E-state index is 15.0. The molecule has 1 fully saturated rings. The SMILES string of the molecule is CC(C)(C)C[C@H]1N[C@@H](C(=O)NCCn2ccnc2)[C@H](c2ccc(F)c(Cl)c2)[C@@]12C(=O)Nc1cc(Cl)c(F)cc12. The Labute approximate surface area is 235 Å². The molecule has 2 amide bonds. The summed E-state index contributed by atoms with van der Waals surface area (Å²) in [7, 11) is 0. The number of carbonyl (C=O) groups is 2. The molecule has 7 nitrogen and oxygen atoms in total. The smallest absolute Gasteiger partial charge is 0.237 e. The zero-order valence-electron chi connectivity index (χ0n) is 21.7. The largest absolute Gasteiger partial charge is 0.353 e. The van der Waals surface area contributed by atoms with Crippen LogP contribution in [0.4, 0.5) is 14.5 Å². The Morgan fingerprint density at radius 1 is 1.15 bits per heavy atom. The van der Waals surface area contributed by atoms with Gasteiger partial charge in [-0.15, -0.1) is 0 Å². The van der Waals surface area contributed by atoms with E-state index in [0.717, 1.165) is 0 Å². The van der Waals surface area contributed by atoms with Crippen LogP contribution in [0.15, 0.2) is 49.1 Å². The molecule has 4 atom stereocenters. The molecule has 2 aliphatic heterocycles. The van der Waals surface area contributed by atoms with Crippen molar-refractivity contribution in [1.29, 1.82) is 0 Å². The minimum absolute atomic E-state index is 0.125. The average molecular weight is 576 g/mol. The first-order valence-corrected chi connectivity index (χ1v) is 13.4. The molecule has 0 aliphatic carbocycles. The Hall–Kier alpha value is -3.01. The lowest BCUT2D eigenvalue weighted by Crippen LogP contribution is -2.49. The lowest BCUT2D eigenvalue weighted by molar-refractivity contribution is -0.123. The summed E-state index contributed by atoms with van der Waals surface area (Å²) in [6.45, 7) is 6.89. The Kier molecular flexibility index (Phi) is 7.20. The molecule has 11 heteroatoms. The van der Waals surface area contributed by atoms with E-state index in [1.165, 1.54) is 30.3 Å². The van der Waals surface area contributed by atoms with Gasteiger partial charge in [-0.05, 0) is 47.2 Å². The molecule has 0 unspecified atom stereocenters. The summed E-state index contributed by atoms with van der Waals surface area (Å²) in [6, 6.07) is 5.36. The third kappa shape index (κ3) is 4.92. The second-order valence-corrected chi connectivity index (χ2v) is 12.2. The van der Waals surface area contributed by atoms with E-state index in [1.807, 2.05) is 25.3 Å². The lowest BCUT2D eigenvalue weighted by atomic mass is 9.62. The highest BCUT2D eigenvalue weighted by molar-refractivity contribution is 6.31. The first-order valence-electron chi connectivity index (χ1n) is 12.7. The number of imidazole rings is 1. The van der Waals surface area contributed by atoms with Crippen molar-refractivity contribution >= 4 is 40.7 Å². The predicted octanol–water partition coefficient (Wildman–Crippen LogP) is 5.03. The van der Waals surface area contributed by atoms with Crippen LogP contribution >= 0.6 is 23.2 Å². The molecule has 2 aromatic carbocycles. The Bertz CT molecular complexity index is 1430. The van der Waals surface area contributed by atoms with Gasteiger partial charge >= 0.3 is 0 Å². The number of carbonyl (C=O) groups excluding carboxylic acids is 2. The number of nitrogens with zero attached hydrogens (tertiary/aromatic N) is 2. The summed E-state index contributed by atoms with van der Waals surface area (Å²) in [6.07, 6.45) is 5.57. The number of anilines is 1. The fourth-order valence-corrected chi connectivity index (χ4v) is 6.33. The normalized spacial score (nSPS) is 24.2. The fourth-order valence-electron chi connectivity index (χ4n) is 5.98. The number of benzene rings is 2. The van der Waals surface area contributed by atoms with Gasteiger partial charge in [0.15, 0.2) is 0 Å². The van der Waals surface area contributed by atoms with Crippen molar-refractivity contribution in [3.05, 3.63) is 81.9 Å². The van der Waals surface area contributed by atoms with Gasteiger partial charge in [0.05, 0.1) is 22.4 Å². The van der Waals surface area contributed by atoms with Crippen LogP contribution < -0.4 is 16.0 Å². The topological polar surface area (TPSA) is 88.1 Å². The molecule has 1 spiro atoms. The quantitative estimate of drug-likeness (QED) is 0.384. The Balaban J connectivity index is 1.65. The molecule has 5 rings (SSSR count). The number of hydrogen-bond acceptors (Lipinski definition) is 4. The molecule has 1 aromatic heterocycles. The van der Waals surface area contributed by atoms with Crippen LogP contribution in [0.2, 0.25) is 10.0 Å². The van der Waals surface area contributed by atoms with Crippen LogP contribution in [0.1, 0.15) is 44.2 Å². The molecule has 0 saturated carbocycles. The summed E-state index contributed by atoms with van der Waals surface area (Å²) in [5.74, 6) is -2.86. The predicted molar refractivity (Wildman–Crippen MR) is 146 cm³/mol. The Morgan fingerprint density at radius 3 is 2.56 bits per heavy atom. The van der Waals surface area contributed by atoms with Gasteiger partial charge in [-0.25, -0.2) is 13.8 Å². The standard InChI is InChI=1S/C28H29Cl2F2N5O2/c1-27(2,3)13-22-28(16-11-20(32)18(30)12-21(16)35-26(28)39)23(15-4-5-19(31)17(29)10-15)24(36-22)25(38)34-7-9-37-8-6-33-14-37/h4-6,8,10-12,14,22-24,36H,7,9,13H2,1-3H3,(H,34,38)(H,35,39)/t22-,23+,24-,28+/m1/s1. The highest BCUT2D eigenvalue weighted by atomic mass is 35.5. The number of hydrogen-bond donors (Lipinski definition) is 3. The summed E-state index contributed by atoms with van der Waals surface area (Å²) >= 11 is 12.3. The van der Waals surface area contributed by atoms with Crippen molar-refractivity contribution in [2.24, 2.45) is 5.41 Å². The zero-order chi connectivity index (χ0) is 28.1. The van der Waals surface area contributed by atoms with Gasteiger partial charge < -0.3 is 20.5 Å². The monoisotopic (exact) mass is 575 g/mol. The minimum Gasteiger partial charge on any atom is -0.353 e. The molecular weight excluding hydrogens is 547 g/mol. The molecular formula is C28H29Cl2F2N5O2. The maximum absolute atomic E-state index is 15.0. The van der Waals surface area contributed by atoms with Crippen LogP contribution in [0, 0.1) is 17.0 Å². The number of amides is 2. The zero-order valence-corrected chi connectivity index (χ0v) is 23.2. The van der Waals surface area contributed by atoms with Crippen LogP contribution in [0.3, 0.4) is 0 Å². The maximum Gasteiger partial charge on any atom is 0.237 e. The van der Waals surface area contributed by atoms with Gasteiger partial charge in [-0.2, -0.15) is 0 Å². The van der Waals surface area contributed by atoms with E-state index in [1.54, 1.807) is 18.7 Å². The van der Waals surface area contributed by atoms with Gasteiger partial charge in [0.1, 0.15) is 17.0 Å². The van der Waals surface area contributed by atoms with Crippen LogP contribution in [-0.4, -0.2) is 40.0 Å². The van der Waals surface area contributed by atoms with E-state index in [0.29, 0.717) is 36.3 Å². The van der Waals surface area contributed by atoms with Crippen molar-refractivity contribution in [1.82, 2.24) is 20.2 Å². The molecule has 1 saturated heterocycles. The van der Waals surface area contributed by atoms with Gasteiger partial charge in [0.25, 0.3) is 0 Å². The number of rotatable bonds is 6. The molecule has 3 N–H and O–H groups in total. The fraction of sp³-hybridized carbons (Fsp3) is 0.393. The molecule has 206 valence electrons. The van der Waals surface area contributed by atoms with Crippen molar-refractivity contribution in [3.63, 3.8) is 0 Å². The number of fused-ring (bicyclic) bond motifs is 2. The minimum atomic E-state index is -1.40. The third-order valence-corrected chi connectivity index (χ3v) is 8.09. The van der Waals surface area contributed by atoms with E-state index in [9.17, 15) is 18.4 Å². The molecule has 0 bridgehead atoms. The van der Waals surface area contributed by atoms with Gasteiger partial charge in [0.2, 0.25) is 11.8 Å². The van der Waals surface area contributed by atoms with E-state index in [4.69, 9.17) is 23.2 Å². The molecule has 3 aromatic rings. The first-order chi connectivity index (χ1) is 18.4. The van der Waals surface area contributed by atoms with E-state index < -0.39 is 35.1 Å². The van der Waals surface area contributed by atoms with Crippen LogP contribution in [0.5, 0.6) is 0 Å². The molecule has 2 aliphatic rings. The van der Waals surface area contributed by atoms with E-state index in [-0.39, 0.29) is 27.3 Å². The van der Waals surface area contributed by atoms with Gasteiger partial charge in [-0.1, -0.05) is 50.0 Å². The summed E-state index contributed by atoms with van der Waals surface area (Å²) < 4.78 is 31.0. The summed E-state index contributed by atoms with van der Waals surface area (Å²) in [4.78, 5) is 31.9. The molecule has 39 heavy (non-hydrogen) atoms. The summed E-state index contributed by atoms with van der Waals surface area (Å²) in [5.41, 5.74) is -0.405. The van der Waals surface area contributed by atoms with Gasteiger partial charge in [0, 0.05) is 43.1 Å². The molecule has 3 heterocycles. The molecule has 0 radical (unpaired) electrons. The van der Waals surface area contributed by atoms with Crippen molar-refractivity contribution in [2.45, 2.75) is 57.2 Å². The third-order valence-electron chi connectivity index (χ3n) is 7.51. The second-order valence-electron chi connectivity index (χ2n) is 11.3. The van der Waals surface area contributed by atoms with E-state index >= 15 is 0 Å².